The number of benzene rings is 1. The molecule has 2 saturated heterocycles. The fraction of sp³-hybridized carbons (Fsp3) is 0.650. The largest absolute Gasteiger partial charge is 0.481 e. The zero-order valence-electron chi connectivity index (χ0n) is 15.7. The van der Waals surface area contributed by atoms with E-state index in [1.54, 1.807) is 0 Å². The second-order valence-electron chi connectivity index (χ2n) is 7.97. The first-order chi connectivity index (χ1) is 11.8. The van der Waals surface area contributed by atoms with Crippen molar-refractivity contribution in [2.75, 3.05) is 26.3 Å². The molecule has 1 spiro atoms. The Morgan fingerprint density at radius 1 is 1.12 bits per heavy atom. The van der Waals surface area contributed by atoms with Crippen molar-refractivity contribution in [3.05, 3.63) is 29.8 Å². The standard InChI is InChI=1S/C20H29NO4/c1-15(25-17-7-5-16(6-8-17)19(2,3)4)18(22)21-11-9-20(10-12-21)23-13-14-24-20/h5-8,15H,9-14H2,1-4H3. The number of hydrogen-bond acceptors (Lipinski definition) is 4. The van der Waals surface area contributed by atoms with Crippen LogP contribution in [0.4, 0.5) is 0 Å². The van der Waals surface area contributed by atoms with E-state index in [0.717, 1.165) is 18.6 Å². The molecule has 0 saturated carbocycles. The Kier molecular flexibility index (Phi) is 5.07. The quantitative estimate of drug-likeness (QED) is 0.843. The highest BCUT2D eigenvalue weighted by Gasteiger charge is 2.41. The molecule has 2 fully saturated rings. The van der Waals surface area contributed by atoms with Crippen LogP contribution in [0.1, 0.15) is 46.1 Å². The fourth-order valence-corrected chi connectivity index (χ4v) is 3.40. The second kappa shape index (κ2) is 6.96. The summed E-state index contributed by atoms with van der Waals surface area (Å²) >= 11 is 0. The number of ether oxygens (including phenoxy) is 3. The average Bonchev–Trinajstić information content (AvgIpc) is 3.03. The van der Waals surface area contributed by atoms with Crippen LogP contribution in [-0.4, -0.2) is 49.0 Å². The van der Waals surface area contributed by atoms with Gasteiger partial charge < -0.3 is 19.1 Å². The molecule has 1 aromatic carbocycles. The first-order valence-electron chi connectivity index (χ1n) is 9.13. The fourth-order valence-electron chi connectivity index (χ4n) is 3.40. The second-order valence-corrected chi connectivity index (χ2v) is 7.97. The van der Waals surface area contributed by atoms with Gasteiger partial charge in [-0.25, -0.2) is 0 Å². The number of likely N-dealkylation sites (tertiary alicyclic amines) is 1. The summed E-state index contributed by atoms with van der Waals surface area (Å²) in [4.78, 5) is 14.5. The van der Waals surface area contributed by atoms with E-state index in [2.05, 4.69) is 32.9 Å². The number of carbonyl (C=O) groups is 1. The third kappa shape index (κ3) is 4.15. The molecular weight excluding hydrogens is 318 g/mol. The Bertz CT molecular complexity index is 589. The molecule has 138 valence electrons. The Hall–Kier alpha value is -1.59. The maximum Gasteiger partial charge on any atom is 0.263 e. The molecule has 3 rings (SSSR count). The van der Waals surface area contributed by atoms with Gasteiger partial charge in [0.15, 0.2) is 11.9 Å². The smallest absolute Gasteiger partial charge is 0.263 e. The first-order valence-corrected chi connectivity index (χ1v) is 9.13. The van der Waals surface area contributed by atoms with Crippen LogP contribution in [-0.2, 0) is 19.7 Å². The molecule has 1 unspecified atom stereocenters. The summed E-state index contributed by atoms with van der Waals surface area (Å²) in [6.07, 6.45) is 0.956. The molecule has 0 aromatic heterocycles. The summed E-state index contributed by atoms with van der Waals surface area (Å²) < 4.78 is 17.3. The highest BCUT2D eigenvalue weighted by atomic mass is 16.7. The number of nitrogens with zero attached hydrogens (tertiary/aromatic N) is 1. The van der Waals surface area contributed by atoms with Gasteiger partial charge in [-0.2, -0.15) is 0 Å². The van der Waals surface area contributed by atoms with E-state index < -0.39 is 11.9 Å². The molecule has 2 aliphatic rings. The molecule has 2 aliphatic heterocycles. The first kappa shape index (κ1) is 18.2. The number of rotatable bonds is 3. The van der Waals surface area contributed by atoms with Gasteiger partial charge in [-0.3, -0.25) is 4.79 Å². The molecule has 1 amide bonds. The minimum Gasteiger partial charge on any atom is -0.481 e. The van der Waals surface area contributed by atoms with Crippen molar-refractivity contribution < 1.29 is 19.0 Å². The van der Waals surface area contributed by atoms with Crippen molar-refractivity contribution in [1.82, 2.24) is 4.90 Å². The summed E-state index contributed by atoms with van der Waals surface area (Å²) in [5.41, 5.74) is 1.35. The summed E-state index contributed by atoms with van der Waals surface area (Å²) in [5, 5.41) is 0. The maximum absolute atomic E-state index is 12.7. The van der Waals surface area contributed by atoms with Crippen molar-refractivity contribution in [1.29, 1.82) is 0 Å². The minimum atomic E-state index is -0.500. The van der Waals surface area contributed by atoms with Crippen LogP contribution in [0.25, 0.3) is 0 Å². The summed E-state index contributed by atoms with van der Waals surface area (Å²) in [6.45, 7) is 10.9. The van der Waals surface area contributed by atoms with Crippen molar-refractivity contribution in [3.8, 4) is 5.75 Å². The van der Waals surface area contributed by atoms with Gasteiger partial charge in [-0.15, -0.1) is 0 Å². The van der Waals surface area contributed by atoms with Gasteiger partial charge in [-0.1, -0.05) is 32.9 Å². The zero-order chi connectivity index (χ0) is 18.1. The molecule has 1 aromatic rings. The van der Waals surface area contributed by atoms with Crippen molar-refractivity contribution >= 4 is 5.91 Å². The van der Waals surface area contributed by atoms with Crippen molar-refractivity contribution in [3.63, 3.8) is 0 Å². The van der Waals surface area contributed by atoms with Gasteiger partial charge in [0.2, 0.25) is 0 Å². The maximum atomic E-state index is 12.7. The van der Waals surface area contributed by atoms with E-state index in [0.29, 0.717) is 26.3 Å². The van der Waals surface area contributed by atoms with E-state index in [9.17, 15) is 4.79 Å². The predicted octanol–water partition coefficient (Wildman–Crippen LogP) is 3.12. The molecular formula is C20H29NO4. The number of piperidine rings is 1. The molecule has 5 heteroatoms. The molecule has 0 radical (unpaired) electrons. The molecule has 25 heavy (non-hydrogen) atoms. The summed E-state index contributed by atoms with van der Waals surface area (Å²) in [6, 6.07) is 8.00. The molecule has 1 atom stereocenters. The average molecular weight is 347 g/mol. The van der Waals surface area contributed by atoms with E-state index in [1.807, 2.05) is 24.0 Å². The number of amides is 1. The Balaban J connectivity index is 1.54. The molecule has 0 aliphatic carbocycles. The Morgan fingerprint density at radius 2 is 1.68 bits per heavy atom. The van der Waals surface area contributed by atoms with Crippen LogP contribution in [0, 0.1) is 0 Å². The minimum absolute atomic E-state index is 0.0211. The van der Waals surface area contributed by atoms with E-state index in [4.69, 9.17) is 14.2 Å². The molecule has 0 bridgehead atoms. The summed E-state index contributed by atoms with van der Waals surface area (Å²) in [5.74, 6) is 0.293. The molecule has 5 nitrogen and oxygen atoms in total. The lowest BCUT2D eigenvalue weighted by Gasteiger charge is -2.38. The topological polar surface area (TPSA) is 48.0 Å². The van der Waals surface area contributed by atoms with Crippen LogP contribution in [0.5, 0.6) is 5.75 Å². The van der Waals surface area contributed by atoms with Crippen LogP contribution < -0.4 is 4.74 Å². The predicted molar refractivity (Wildman–Crippen MR) is 95.7 cm³/mol. The molecule has 2 heterocycles. The van der Waals surface area contributed by atoms with Crippen molar-refractivity contribution in [2.24, 2.45) is 0 Å². The molecule has 0 N–H and O–H groups in total. The lowest BCUT2D eigenvalue weighted by Crippen LogP contribution is -2.50. The van der Waals surface area contributed by atoms with Gasteiger partial charge >= 0.3 is 0 Å². The Labute approximate surface area is 150 Å². The Morgan fingerprint density at radius 3 is 2.20 bits per heavy atom. The SMILES string of the molecule is CC(Oc1ccc(C(C)(C)C)cc1)C(=O)N1CCC2(CC1)OCCO2. The van der Waals surface area contributed by atoms with E-state index >= 15 is 0 Å². The monoisotopic (exact) mass is 347 g/mol. The highest BCUT2D eigenvalue weighted by Crippen LogP contribution is 2.31. The summed E-state index contributed by atoms with van der Waals surface area (Å²) in [7, 11) is 0. The van der Waals surface area contributed by atoms with Crippen LogP contribution >= 0.6 is 0 Å². The van der Waals surface area contributed by atoms with E-state index in [-0.39, 0.29) is 11.3 Å². The normalized spacial score (nSPS) is 21.4. The van der Waals surface area contributed by atoms with Crippen LogP contribution in [0.15, 0.2) is 24.3 Å². The van der Waals surface area contributed by atoms with Crippen molar-refractivity contribution in [2.45, 2.75) is 57.8 Å². The number of carbonyl (C=O) groups excluding carboxylic acids is 1. The third-order valence-corrected chi connectivity index (χ3v) is 5.03. The lowest BCUT2D eigenvalue weighted by atomic mass is 9.87. The zero-order valence-corrected chi connectivity index (χ0v) is 15.7. The number of hydrogen-bond donors (Lipinski definition) is 0. The van der Waals surface area contributed by atoms with Crippen LogP contribution in [0.2, 0.25) is 0 Å². The third-order valence-electron chi connectivity index (χ3n) is 5.03. The van der Waals surface area contributed by atoms with Gasteiger partial charge in [0.1, 0.15) is 5.75 Å². The van der Waals surface area contributed by atoms with Gasteiger partial charge in [-0.05, 0) is 30.0 Å². The van der Waals surface area contributed by atoms with Crippen LogP contribution in [0.3, 0.4) is 0 Å². The highest BCUT2D eigenvalue weighted by molar-refractivity contribution is 5.81. The van der Waals surface area contributed by atoms with E-state index in [1.165, 1.54) is 5.56 Å². The van der Waals surface area contributed by atoms with Gasteiger partial charge in [0.25, 0.3) is 5.91 Å². The van der Waals surface area contributed by atoms with Gasteiger partial charge in [0, 0.05) is 25.9 Å². The van der Waals surface area contributed by atoms with Gasteiger partial charge in [0.05, 0.1) is 13.2 Å². The lowest BCUT2D eigenvalue weighted by molar-refractivity contribution is -0.188.